The number of rotatable bonds is 7. The molecule has 0 aliphatic heterocycles. The van der Waals surface area contributed by atoms with E-state index >= 15 is 0 Å². The predicted octanol–water partition coefficient (Wildman–Crippen LogP) is 4.40. The lowest BCUT2D eigenvalue weighted by molar-refractivity contribution is 0.171. The van der Waals surface area contributed by atoms with Gasteiger partial charge in [-0.15, -0.1) is 0 Å². The van der Waals surface area contributed by atoms with Gasteiger partial charge in [-0.05, 0) is 51.5 Å². The Morgan fingerprint density at radius 3 is 2.58 bits per heavy atom. The largest absolute Gasteiger partial charge is 0.489 e. The van der Waals surface area contributed by atoms with Gasteiger partial charge in [0.05, 0.1) is 46.8 Å². The lowest BCUT2D eigenvalue weighted by Crippen LogP contribution is -2.21. The SMILES string of the molecule is CCn1cc(-n2c(=O)n(C)c3cnc4ccc(-c5cnc(COC)c(OC(C)C)c5)cc4c32)c(C)n1. The zero-order valence-corrected chi connectivity index (χ0v) is 21.4. The van der Waals surface area contributed by atoms with Crippen LogP contribution in [0.4, 0.5) is 0 Å². The Hall–Kier alpha value is -3.98. The molecule has 0 saturated carbocycles. The number of pyridine rings is 2. The molecule has 5 aromatic rings. The minimum Gasteiger partial charge on any atom is -0.489 e. The minimum atomic E-state index is -0.137. The molecule has 186 valence electrons. The van der Waals surface area contributed by atoms with Crippen LogP contribution >= 0.6 is 0 Å². The molecule has 0 atom stereocenters. The van der Waals surface area contributed by atoms with E-state index in [0.29, 0.717) is 12.4 Å². The number of imidazole rings is 1. The fourth-order valence-electron chi connectivity index (χ4n) is 4.52. The standard InChI is InChI=1S/C27H30N6O3/c1-7-32-14-24(17(4)30-32)33-26-20-10-18(8-9-21(20)29-13-23(26)31(5)27(33)34)19-11-25(36-16(2)3)22(15-35-6)28-12-19/h8-14,16H,7,15H2,1-6H3. The molecule has 0 N–H and O–H groups in total. The van der Waals surface area contributed by atoms with Gasteiger partial charge in [0.2, 0.25) is 0 Å². The molecule has 0 aliphatic carbocycles. The van der Waals surface area contributed by atoms with E-state index in [1.807, 2.05) is 63.0 Å². The first kappa shape index (κ1) is 23.7. The van der Waals surface area contributed by atoms with Crippen LogP contribution in [0.25, 0.3) is 38.8 Å². The highest BCUT2D eigenvalue weighted by Crippen LogP contribution is 2.32. The molecule has 9 nitrogen and oxygen atoms in total. The van der Waals surface area contributed by atoms with Gasteiger partial charge in [0.15, 0.2) is 0 Å². The van der Waals surface area contributed by atoms with Crippen LogP contribution in [0.15, 0.2) is 47.7 Å². The molecule has 0 unspecified atom stereocenters. The number of fused-ring (bicyclic) bond motifs is 3. The topological polar surface area (TPSA) is 89.0 Å². The van der Waals surface area contributed by atoms with Crippen molar-refractivity contribution in [2.45, 2.75) is 47.0 Å². The molecule has 0 aliphatic rings. The highest BCUT2D eigenvalue weighted by molar-refractivity contribution is 6.04. The number of aryl methyl sites for hydroxylation is 3. The van der Waals surface area contributed by atoms with E-state index in [2.05, 4.69) is 21.1 Å². The number of hydrogen-bond acceptors (Lipinski definition) is 6. The molecule has 0 fully saturated rings. The van der Waals surface area contributed by atoms with Gasteiger partial charge in [-0.25, -0.2) is 4.79 Å². The highest BCUT2D eigenvalue weighted by atomic mass is 16.5. The summed E-state index contributed by atoms with van der Waals surface area (Å²) < 4.78 is 16.5. The molecule has 0 saturated heterocycles. The number of aromatic nitrogens is 6. The third kappa shape index (κ3) is 3.95. The monoisotopic (exact) mass is 486 g/mol. The van der Waals surface area contributed by atoms with Crippen LogP contribution in [0.5, 0.6) is 5.75 Å². The second kappa shape index (κ2) is 9.23. The molecule has 4 aromatic heterocycles. The number of ether oxygens (including phenoxy) is 2. The minimum absolute atomic E-state index is 0.00381. The van der Waals surface area contributed by atoms with Crippen molar-refractivity contribution >= 4 is 21.9 Å². The van der Waals surface area contributed by atoms with Gasteiger partial charge >= 0.3 is 5.69 Å². The first-order valence-electron chi connectivity index (χ1n) is 12.0. The van der Waals surface area contributed by atoms with Gasteiger partial charge in [0.25, 0.3) is 0 Å². The van der Waals surface area contributed by atoms with Crippen LogP contribution in [0.1, 0.15) is 32.2 Å². The number of nitrogens with zero attached hydrogens (tertiary/aromatic N) is 6. The lowest BCUT2D eigenvalue weighted by atomic mass is 10.0. The summed E-state index contributed by atoms with van der Waals surface area (Å²) in [5, 5.41) is 5.44. The Labute approximate surface area is 208 Å². The fraction of sp³-hybridized carbons (Fsp3) is 0.333. The number of benzene rings is 1. The Kier molecular flexibility index (Phi) is 6.09. The van der Waals surface area contributed by atoms with Crippen molar-refractivity contribution in [2.75, 3.05) is 7.11 Å². The molecule has 36 heavy (non-hydrogen) atoms. The van der Waals surface area contributed by atoms with Crippen LogP contribution in [-0.4, -0.2) is 42.1 Å². The van der Waals surface area contributed by atoms with E-state index < -0.39 is 0 Å². The Bertz CT molecular complexity index is 1640. The van der Waals surface area contributed by atoms with Crippen LogP contribution in [0.3, 0.4) is 0 Å². The Morgan fingerprint density at radius 1 is 1.08 bits per heavy atom. The maximum absolute atomic E-state index is 13.4. The Morgan fingerprint density at radius 2 is 1.89 bits per heavy atom. The summed E-state index contributed by atoms with van der Waals surface area (Å²) in [6, 6.07) is 8.04. The molecule has 5 rings (SSSR count). The van der Waals surface area contributed by atoms with Gasteiger partial charge in [-0.2, -0.15) is 5.10 Å². The second-order valence-electron chi connectivity index (χ2n) is 9.12. The van der Waals surface area contributed by atoms with E-state index in [1.54, 1.807) is 29.5 Å². The Balaban J connectivity index is 1.76. The van der Waals surface area contributed by atoms with E-state index in [-0.39, 0.29) is 11.8 Å². The molecule has 0 spiro atoms. The van der Waals surface area contributed by atoms with Crippen LogP contribution < -0.4 is 10.4 Å². The molecule has 0 bridgehead atoms. The van der Waals surface area contributed by atoms with Gasteiger partial charge in [0, 0.05) is 44.0 Å². The molecule has 0 amide bonds. The molecular weight excluding hydrogens is 456 g/mol. The van der Waals surface area contributed by atoms with Crippen molar-refractivity contribution in [3.63, 3.8) is 0 Å². The maximum Gasteiger partial charge on any atom is 0.333 e. The van der Waals surface area contributed by atoms with Gasteiger partial charge in [-0.1, -0.05) is 6.07 Å². The summed E-state index contributed by atoms with van der Waals surface area (Å²) in [6.45, 7) is 9.01. The average Bonchev–Trinajstić information content (AvgIpc) is 3.36. The summed E-state index contributed by atoms with van der Waals surface area (Å²) in [5.41, 5.74) is 6.39. The van der Waals surface area contributed by atoms with E-state index in [9.17, 15) is 4.79 Å². The summed E-state index contributed by atoms with van der Waals surface area (Å²) in [5.74, 6) is 0.694. The predicted molar refractivity (Wildman–Crippen MR) is 140 cm³/mol. The first-order valence-corrected chi connectivity index (χ1v) is 12.0. The van der Waals surface area contributed by atoms with Crippen molar-refractivity contribution in [1.29, 1.82) is 0 Å². The van der Waals surface area contributed by atoms with Gasteiger partial charge in [0.1, 0.15) is 11.4 Å². The van der Waals surface area contributed by atoms with E-state index in [4.69, 9.17) is 9.47 Å². The van der Waals surface area contributed by atoms with Crippen molar-refractivity contribution < 1.29 is 9.47 Å². The highest BCUT2D eigenvalue weighted by Gasteiger charge is 2.20. The first-order chi connectivity index (χ1) is 17.3. The molecule has 9 heteroatoms. The van der Waals surface area contributed by atoms with Crippen molar-refractivity contribution in [1.82, 2.24) is 28.9 Å². The maximum atomic E-state index is 13.4. The van der Waals surface area contributed by atoms with Gasteiger partial charge < -0.3 is 9.47 Å². The van der Waals surface area contributed by atoms with Gasteiger partial charge in [-0.3, -0.25) is 23.8 Å². The second-order valence-corrected chi connectivity index (χ2v) is 9.12. The molecule has 4 heterocycles. The number of methoxy groups -OCH3 is 1. The zero-order valence-electron chi connectivity index (χ0n) is 21.4. The number of hydrogen-bond donors (Lipinski definition) is 0. The average molecular weight is 487 g/mol. The normalized spacial score (nSPS) is 11.8. The molecular formula is C27H30N6O3. The van der Waals surface area contributed by atoms with Crippen molar-refractivity contribution in [2.24, 2.45) is 7.05 Å². The summed E-state index contributed by atoms with van der Waals surface area (Å²) in [6.07, 6.45) is 5.50. The summed E-state index contributed by atoms with van der Waals surface area (Å²) >= 11 is 0. The van der Waals surface area contributed by atoms with E-state index in [1.165, 1.54) is 0 Å². The molecule has 1 aromatic carbocycles. The quantitative estimate of drug-likeness (QED) is 0.339. The molecule has 0 radical (unpaired) electrons. The summed E-state index contributed by atoms with van der Waals surface area (Å²) in [4.78, 5) is 22.7. The van der Waals surface area contributed by atoms with Crippen molar-refractivity contribution in [3.8, 4) is 22.6 Å². The van der Waals surface area contributed by atoms with Crippen LogP contribution in [-0.2, 0) is 24.9 Å². The fourth-order valence-corrected chi connectivity index (χ4v) is 4.52. The third-order valence-electron chi connectivity index (χ3n) is 6.28. The zero-order chi connectivity index (χ0) is 25.6. The summed E-state index contributed by atoms with van der Waals surface area (Å²) in [7, 11) is 3.41. The lowest BCUT2D eigenvalue weighted by Gasteiger charge is -2.15. The third-order valence-corrected chi connectivity index (χ3v) is 6.28. The van der Waals surface area contributed by atoms with Crippen molar-refractivity contribution in [3.05, 3.63) is 64.7 Å². The smallest absolute Gasteiger partial charge is 0.333 e. The van der Waals surface area contributed by atoms with E-state index in [0.717, 1.165) is 56.7 Å². The van der Waals surface area contributed by atoms with Crippen LogP contribution in [0.2, 0.25) is 0 Å². The van der Waals surface area contributed by atoms with Crippen LogP contribution in [0, 0.1) is 6.92 Å².